The smallest absolute Gasteiger partial charge is 0.0726 e. The molecule has 0 fully saturated rings. The summed E-state index contributed by atoms with van der Waals surface area (Å²) in [5.74, 6) is 0. The summed E-state index contributed by atoms with van der Waals surface area (Å²) < 4.78 is 0. The highest BCUT2D eigenvalue weighted by Gasteiger charge is 2.20. The minimum Gasteiger partial charge on any atom is -0.369 e. The molecule has 0 amide bonds. The molecule has 1 aliphatic rings. The summed E-state index contributed by atoms with van der Waals surface area (Å²) in [5.41, 5.74) is 6.65. The molecule has 1 heterocycles. The average molecular weight is 275 g/mol. The summed E-state index contributed by atoms with van der Waals surface area (Å²) in [6.07, 6.45) is 4.63. The topological polar surface area (TPSA) is 3.24 Å². The van der Waals surface area contributed by atoms with Gasteiger partial charge in [-0.25, -0.2) is 0 Å². The van der Waals surface area contributed by atoms with E-state index in [9.17, 15) is 0 Å². The fourth-order valence-electron chi connectivity index (χ4n) is 2.98. The molecular formula is C20H21N. The molecular weight excluding hydrogens is 254 g/mol. The summed E-state index contributed by atoms with van der Waals surface area (Å²) in [6, 6.07) is 19.5. The molecule has 2 aromatic rings. The second-order valence-corrected chi connectivity index (χ2v) is 5.73. The minimum absolute atomic E-state index is 0.318. The van der Waals surface area contributed by atoms with Crippen LogP contribution in [-0.2, 0) is 0 Å². The monoisotopic (exact) mass is 275 g/mol. The molecule has 0 aromatic heterocycles. The van der Waals surface area contributed by atoms with Gasteiger partial charge < -0.3 is 4.90 Å². The van der Waals surface area contributed by atoms with Crippen LogP contribution in [0.3, 0.4) is 0 Å². The van der Waals surface area contributed by atoms with Crippen LogP contribution in [0.25, 0.3) is 5.57 Å². The lowest BCUT2D eigenvalue weighted by Crippen LogP contribution is -2.22. The van der Waals surface area contributed by atoms with Crippen molar-refractivity contribution in [1.29, 1.82) is 0 Å². The van der Waals surface area contributed by atoms with Gasteiger partial charge in [0.2, 0.25) is 0 Å². The SMILES string of the molecule is CC1=CC(c2ccccc2C)N(C)C=C1c1ccccc1. The van der Waals surface area contributed by atoms with E-state index in [1.54, 1.807) is 0 Å². The summed E-state index contributed by atoms with van der Waals surface area (Å²) in [6.45, 7) is 4.39. The minimum atomic E-state index is 0.318. The third kappa shape index (κ3) is 2.64. The molecule has 0 bridgehead atoms. The lowest BCUT2D eigenvalue weighted by Gasteiger charge is -2.32. The van der Waals surface area contributed by atoms with Gasteiger partial charge in [0.05, 0.1) is 6.04 Å². The maximum absolute atomic E-state index is 2.37. The van der Waals surface area contributed by atoms with E-state index >= 15 is 0 Å². The number of allylic oxidation sites excluding steroid dienone is 2. The van der Waals surface area contributed by atoms with Crippen molar-refractivity contribution in [2.75, 3.05) is 7.05 Å². The Morgan fingerprint density at radius 1 is 0.857 bits per heavy atom. The highest BCUT2D eigenvalue weighted by atomic mass is 15.1. The van der Waals surface area contributed by atoms with Crippen LogP contribution < -0.4 is 0 Å². The Hall–Kier alpha value is -2.28. The van der Waals surface area contributed by atoms with Crippen LogP contribution in [0.2, 0.25) is 0 Å². The van der Waals surface area contributed by atoms with Crippen molar-refractivity contribution < 1.29 is 0 Å². The van der Waals surface area contributed by atoms with E-state index in [-0.39, 0.29) is 0 Å². The first kappa shape index (κ1) is 13.7. The molecule has 0 radical (unpaired) electrons. The first-order valence-electron chi connectivity index (χ1n) is 7.40. The summed E-state index contributed by atoms with van der Waals surface area (Å²) in [4.78, 5) is 2.30. The van der Waals surface area contributed by atoms with E-state index in [4.69, 9.17) is 0 Å². The lowest BCUT2D eigenvalue weighted by atomic mass is 9.91. The Bertz CT molecular complexity index is 695. The Morgan fingerprint density at radius 2 is 1.52 bits per heavy atom. The maximum atomic E-state index is 2.37. The van der Waals surface area contributed by atoms with Gasteiger partial charge in [0.25, 0.3) is 0 Å². The van der Waals surface area contributed by atoms with Crippen molar-refractivity contribution in [3.8, 4) is 0 Å². The Labute approximate surface area is 127 Å². The van der Waals surface area contributed by atoms with E-state index in [2.05, 4.69) is 92.7 Å². The van der Waals surface area contributed by atoms with Crippen molar-refractivity contribution in [3.05, 3.63) is 89.1 Å². The van der Waals surface area contributed by atoms with Crippen LogP contribution >= 0.6 is 0 Å². The molecule has 1 aliphatic heterocycles. The van der Waals surface area contributed by atoms with E-state index in [1.807, 2.05) is 0 Å². The van der Waals surface area contributed by atoms with E-state index < -0.39 is 0 Å². The number of benzene rings is 2. The molecule has 0 saturated heterocycles. The molecule has 1 atom stereocenters. The fraction of sp³-hybridized carbons (Fsp3) is 0.200. The Morgan fingerprint density at radius 3 is 2.24 bits per heavy atom. The van der Waals surface area contributed by atoms with E-state index in [1.165, 1.54) is 27.8 Å². The predicted octanol–water partition coefficient (Wildman–Crippen LogP) is 4.97. The third-order valence-corrected chi connectivity index (χ3v) is 4.20. The van der Waals surface area contributed by atoms with Crippen LogP contribution in [0.1, 0.15) is 29.7 Å². The molecule has 2 aromatic carbocycles. The third-order valence-electron chi connectivity index (χ3n) is 4.20. The standard InChI is InChI=1S/C20H21N/c1-15-9-7-8-12-18(15)20-13-16(2)19(14-21(20)3)17-10-5-4-6-11-17/h4-14,20H,1-3H3. The quantitative estimate of drug-likeness (QED) is 0.748. The Balaban J connectivity index is 1.98. The molecule has 1 nitrogen and oxygen atoms in total. The predicted molar refractivity (Wildman–Crippen MR) is 89.9 cm³/mol. The van der Waals surface area contributed by atoms with Gasteiger partial charge in [-0.1, -0.05) is 60.7 Å². The van der Waals surface area contributed by atoms with Gasteiger partial charge in [0, 0.05) is 18.8 Å². The first-order chi connectivity index (χ1) is 10.2. The highest BCUT2D eigenvalue weighted by Crippen LogP contribution is 2.35. The van der Waals surface area contributed by atoms with Crippen molar-refractivity contribution >= 4 is 5.57 Å². The summed E-state index contributed by atoms with van der Waals surface area (Å²) >= 11 is 0. The number of hydrogen-bond donors (Lipinski definition) is 0. The average Bonchev–Trinajstić information content (AvgIpc) is 2.51. The van der Waals surface area contributed by atoms with Gasteiger partial charge in [-0.3, -0.25) is 0 Å². The Kier molecular flexibility index (Phi) is 3.66. The molecule has 0 aliphatic carbocycles. The van der Waals surface area contributed by atoms with Crippen molar-refractivity contribution in [1.82, 2.24) is 4.90 Å². The zero-order chi connectivity index (χ0) is 14.8. The van der Waals surface area contributed by atoms with Crippen molar-refractivity contribution in [2.45, 2.75) is 19.9 Å². The van der Waals surface area contributed by atoms with E-state index in [0.717, 1.165) is 0 Å². The second kappa shape index (κ2) is 5.61. The number of hydrogen-bond acceptors (Lipinski definition) is 1. The zero-order valence-corrected chi connectivity index (χ0v) is 12.9. The number of nitrogens with zero attached hydrogens (tertiary/aromatic N) is 1. The molecule has 1 heteroatoms. The number of aryl methyl sites for hydroxylation is 1. The fourth-order valence-corrected chi connectivity index (χ4v) is 2.98. The van der Waals surface area contributed by atoms with Gasteiger partial charge in [-0.2, -0.15) is 0 Å². The van der Waals surface area contributed by atoms with Crippen LogP contribution in [0, 0.1) is 6.92 Å². The van der Waals surface area contributed by atoms with Crippen LogP contribution in [0.15, 0.2) is 72.4 Å². The van der Waals surface area contributed by atoms with Gasteiger partial charge >= 0.3 is 0 Å². The van der Waals surface area contributed by atoms with Gasteiger partial charge in [0.1, 0.15) is 0 Å². The normalized spacial score (nSPS) is 18.2. The maximum Gasteiger partial charge on any atom is 0.0726 e. The lowest BCUT2D eigenvalue weighted by molar-refractivity contribution is 0.388. The molecule has 1 unspecified atom stereocenters. The zero-order valence-electron chi connectivity index (χ0n) is 12.9. The van der Waals surface area contributed by atoms with Gasteiger partial charge in [-0.15, -0.1) is 0 Å². The van der Waals surface area contributed by atoms with Gasteiger partial charge in [0.15, 0.2) is 0 Å². The van der Waals surface area contributed by atoms with Gasteiger partial charge in [-0.05, 0) is 36.1 Å². The second-order valence-electron chi connectivity index (χ2n) is 5.73. The van der Waals surface area contributed by atoms with Crippen LogP contribution in [0.4, 0.5) is 0 Å². The van der Waals surface area contributed by atoms with Crippen molar-refractivity contribution in [3.63, 3.8) is 0 Å². The molecule has 0 spiro atoms. The first-order valence-corrected chi connectivity index (χ1v) is 7.40. The largest absolute Gasteiger partial charge is 0.369 e. The highest BCUT2D eigenvalue weighted by molar-refractivity contribution is 5.79. The van der Waals surface area contributed by atoms with Crippen LogP contribution in [-0.4, -0.2) is 11.9 Å². The summed E-state index contributed by atoms with van der Waals surface area (Å²) in [7, 11) is 2.16. The molecule has 21 heavy (non-hydrogen) atoms. The molecule has 0 N–H and O–H groups in total. The van der Waals surface area contributed by atoms with E-state index in [0.29, 0.717) is 6.04 Å². The van der Waals surface area contributed by atoms with Crippen LogP contribution in [0.5, 0.6) is 0 Å². The molecule has 106 valence electrons. The number of rotatable bonds is 2. The molecule has 0 saturated carbocycles. The number of likely N-dealkylation sites (N-methyl/N-ethyl adjacent to an activating group) is 1. The molecule has 3 rings (SSSR count). The van der Waals surface area contributed by atoms with Crippen molar-refractivity contribution in [2.24, 2.45) is 0 Å². The summed E-state index contributed by atoms with van der Waals surface area (Å²) in [5, 5.41) is 0.